The number of nitrogens with zero attached hydrogens (tertiary/aromatic N) is 1. The van der Waals surface area contributed by atoms with Crippen molar-refractivity contribution < 1.29 is 22.3 Å². The zero-order valence-electron chi connectivity index (χ0n) is 11.4. The van der Waals surface area contributed by atoms with Crippen LogP contribution in [0.2, 0.25) is 0 Å². The highest BCUT2D eigenvalue weighted by atomic mass is 19.4. The summed E-state index contributed by atoms with van der Waals surface area (Å²) in [6, 6.07) is 2.41. The number of ether oxygens (including phenoxy) is 1. The van der Waals surface area contributed by atoms with Gasteiger partial charge in [0.25, 0.3) is 0 Å². The standard InChI is InChI=1S/C13H18F4N2O/c1-19(2)6-8-20-7-5-18-12-4-3-10(9-11(12)14)13(15,16)17/h3-4,9,18H,5-8H2,1-2H3. The largest absolute Gasteiger partial charge is 0.416 e. The number of halogens is 4. The number of alkyl halides is 3. The van der Waals surface area contributed by atoms with Crippen LogP contribution in [0.25, 0.3) is 0 Å². The third-order valence-electron chi connectivity index (χ3n) is 2.54. The fraction of sp³-hybridized carbons (Fsp3) is 0.538. The Hall–Kier alpha value is -1.34. The lowest BCUT2D eigenvalue weighted by Gasteiger charge is -2.12. The summed E-state index contributed by atoms with van der Waals surface area (Å²) in [6.07, 6.45) is -4.53. The molecule has 1 rings (SSSR count). The molecule has 20 heavy (non-hydrogen) atoms. The second kappa shape index (κ2) is 7.44. The van der Waals surface area contributed by atoms with E-state index in [1.165, 1.54) is 0 Å². The Kier molecular flexibility index (Phi) is 6.22. The highest BCUT2D eigenvalue weighted by Gasteiger charge is 2.31. The van der Waals surface area contributed by atoms with Gasteiger partial charge in [0.2, 0.25) is 0 Å². The Morgan fingerprint density at radius 3 is 2.45 bits per heavy atom. The normalized spacial score (nSPS) is 11.9. The first-order valence-electron chi connectivity index (χ1n) is 6.14. The fourth-order valence-corrected chi connectivity index (χ4v) is 1.44. The predicted octanol–water partition coefficient (Wildman–Crippen LogP) is 2.83. The van der Waals surface area contributed by atoms with Crippen molar-refractivity contribution in [2.75, 3.05) is 45.7 Å². The van der Waals surface area contributed by atoms with Crippen molar-refractivity contribution in [2.45, 2.75) is 6.18 Å². The van der Waals surface area contributed by atoms with Gasteiger partial charge in [0.1, 0.15) is 5.82 Å². The molecule has 0 radical (unpaired) electrons. The van der Waals surface area contributed by atoms with E-state index in [9.17, 15) is 17.6 Å². The lowest BCUT2D eigenvalue weighted by atomic mass is 10.2. The van der Waals surface area contributed by atoms with Crippen LogP contribution >= 0.6 is 0 Å². The maximum absolute atomic E-state index is 13.5. The van der Waals surface area contributed by atoms with Gasteiger partial charge in [-0.15, -0.1) is 0 Å². The van der Waals surface area contributed by atoms with Crippen LogP contribution in [0.1, 0.15) is 5.56 Å². The smallest absolute Gasteiger partial charge is 0.380 e. The van der Waals surface area contributed by atoms with Crippen LogP contribution < -0.4 is 5.32 Å². The molecule has 0 aliphatic carbocycles. The van der Waals surface area contributed by atoms with E-state index >= 15 is 0 Å². The average molecular weight is 294 g/mol. The minimum Gasteiger partial charge on any atom is -0.380 e. The van der Waals surface area contributed by atoms with Gasteiger partial charge < -0.3 is 15.0 Å². The van der Waals surface area contributed by atoms with Gasteiger partial charge in [-0.1, -0.05) is 0 Å². The number of anilines is 1. The maximum atomic E-state index is 13.5. The zero-order valence-corrected chi connectivity index (χ0v) is 11.4. The van der Waals surface area contributed by atoms with Gasteiger partial charge >= 0.3 is 6.18 Å². The third kappa shape index (κ3) is 5.75. The molecule has 0 aliphatic rings. The molecule has 0 aromatic heterocycles. The Balaban J connectivity index is 2.38. The molecule has 0 amide bonds. The molecular weight excluding hydrogens is 276 g/mol. The van der Waals surface area contributed by atoms with Crippen LogP contribution in [0.15, 0.2) is 18.2 Å². The van der Waals surface area contributed by atoms with Gasteiger partial charge in [-0.3, -0.25) is 0 Å². The highest BCUT2D eigenvalue weighted by molar-refractivity contribution is 5.46. The third-order valence-corrected chi connectivity index (χ3v) is 2.54. The molecule has 0 saturated carbocycles. The summed E-state index contributed by atoms with van der Waals surface area (Å²) in [4.78, 5) is 1.96. The topological polar surface area (TPSA) is 24.5 Å². The molecule has 0 bridgehead atoms. The molecule has 114 valence electrons. The van der Waals surface area contributed by atoms with Gasteiger partial charge in [-0.25, -0.2) is 4.39 Å². The lowest BCUT2D eigenvalue weighted by Crippen LogP contribution is -2.20. The monoisotopic (exact) mass is 294 g/mol. The van der Waals surface area contributed by atoms with Crippen LogP contribution in [0.5, 0.6) is 0 Å². The molecular formula is C13H18F4N2O. The summed E-state index contributed by atoms with van der Waals surface area (Å²) < 4.78 is 55.8. The molecule has 1 aromatic carbocycles. The number of benzene rings is 1. The molecule has 3 nitrogen and oxygen atoms in total. The van der Waals surface area contributed by atoms with E-state index in [4.69, 9.17) is 4.74 Å². The molecule has 7 heteroatoms. The number of hydrogen-bond acceptors (Lipinski definition) is 3. The van der Waals surface area contributed by atoms with E-state index in [1.54, 1.807) is 0 Å². The van der Waals surface area contributed by atoms with Crippen molar-refractivity contribution in [2.24, 2.45) is 0 Å². The molecule has 1 aromatic rings. The van der Waals surface area contributed by atoms with Crippen molar-refractivity contribution in [3.8, 4) is 0 Å². The zero-order chi connectivity index (χ0) is 15.2. The Bertz CT molecular complexity index is 421. The fourth-order valence-electron chi connectivity index (χ4n) is 1.44. The SMILES string of the molecule is CN(C)CCOCCNc1ccc(C(F)(F)F)cc1F. The second-order valence-corrected chi connectivity index (χ2v) is 4.53. The van der Waals surface area contributed by atoms with Crippen LogP contribution in [-0.4, -0.2) is 45.3 Å². The first-order valence-corrected chi connectivity index (χ1v) is 6.14. The lowest BCUT2D eigenvalue weighted by molar-refractivity contribution is -0.137. The van der Waals surface area contributed by atoms with E-state index in [2.05, 4.69) is 5.32 Å². The van der Waals surface area contributed by atoms with E-state index in [-0.39, 0.29) is 5.69 Å². The van der Waals surface area contributed by atoms with Crippen LogP contribution in [0, 0.1) is 5.82 Å². The maximum Gasteiger partial charge on any atom is 0.416 e. The van der Waals surface area contributed by atoms with Crippen molar-refractivity contribution in [3.63, 3.8) is 0 Å². The molecule has 1 N–H and O–H groups in total. The summed E-state index contributed by atoms with van der Waals surface area (Å²) in [5.74, 6) is -0.923. The summed E-state index contributed by atoms with van der Waals surface area (Å²) in [7, 11) is 3.83. The van der Waals surface area contributed by atoms with E-state index < -0.39 is 17.6 Å². The number of rotatable bonds is 7. The van der Waals surface area contributed by atoms with E-state index in [1.807, 2.05) is 19.0 Å². The predicted molar refractivity (Wildman–Crippen MR) is 69.3 cm³/mol. The summed E-state index contributed by atoms with van der Waals surface area (Å²) in [6.45, 7) is 2.00. The van der Waals surface area contributed by atoms with E-state index in [0.717, 1.165) is 18.7 Å². The number of hydrogen-bond donors (Lipinski definition) is 1. The Morgan fingerprint density at radius 1 is 1.20 bits per heavy atom. The Morgan fingerprint density at radius 2 is 1.90 bits per heavy atom. The molecule has 0 saturated heterocycles. The average Bonchev–Trinajstić information content (AvgIpc) is 2.33. The van der Waals surface area contributed by atoms with Crippen molar-refractivity contribution in [1.29, 1.82) is 0 Å². The summed E-state index contributed by atoms with van der Waals surface area (Å²) in [5.41, 5.74) is -0.961. The van der Waals surface area contributed by atoms with Gasteiger partial charge in [-0.05, 0) is 32.3 Å². The first kappa shape index (κ1) is 16.7. The summed E-state index contributed by atoms with van der Waals surface area (Å²) >= 11 is 0. The van der Waals surface area contributed by atoms with Gasteiger partial charge in [-0.2, -0.15) is 13.2 Å². The molecule has 0 heterocycles. The highest BCUT2D eigenvalue weighted by Crippen LogP contribution is 2.31. The number of nitrogens with one attached hydrogen (secondary N) is 1. The van der Waals surface area contributed by atoms with Gasteiger partial charge in [0.05, 0.1) is 24.5 Å². The van der Waals surface area contributed by atoms with Crippen molar-refractivity contribution in [1.82, 2.24) is 4.90 Å². The van der Waals surface area contributed by atoms with Crippen molar-refractivity contribution in [3.05, 3.63) is 29.6 Å². The molecule has 0 fully saturated rings. The van der Waals surface area contributed by atoms with Gasteiger partial charge in [0, 0.05) is 13.1 Å². The number of likely N-dealkylation sites (N-methyl/N-ethyl adjacent to an activating group) is 1. The Labute approximate surface area is 115 Å². The van der Waals surface area contributed by atoms with Crippen LogP contribution in [0.3, 0.4) is 0 Å². The molecule has 0 unspecified atom stereocenters. The van der Waals surface area contributed by atoms with Crippen LogP contribution in [-0.2, 0) is 10.9 Å². The second-order valence-electron chi connectivity index (χ2n) is 4.53. The minimum atomic E-state index is -4.53. The summed E-state index contributed by atoms with van der Waals surface area (Å²) in [5, 5.41) is 2.70. The van der Waals surface area contributed by atoms with E-state index in [0.29, 0.717) is 25.8 Å². The molecule has 0 atom stereocenters. The molecule has 0 aliphatic heterocycles. The van der Waals surface area contributed by atoms with Crippen molar-refractivity contribution >= 4 is 5.69 Å². The van der Waals surface area contributed by atoms with Gasteiger partial charge in [0.15, 0.2) is 0 Å². The quantitative estimate of drug-likeness (QED) is 0.618. The first-order chi connectivity index (χ1) is 9.30. The van der Waals surface area contributed by atoms with Crippen LogP contribution in [0.4, 0.5) is 23.2 Å². The molecule has 0 spiro atoms. The minimum absolute atomic E-state index is 0.0363.